The summed E-state index contributed by atoms with van der Waals surface area (Å²) >= 11 is 0. The molecule has 2 rings (SSSR count). The third-order valence-electron chi connectivity index (χ3n) is 4.11. The summed E-state index contributed by atoms with van der Waals surface area (Å²) in [5.41, 5.74) is 6.26. The zero-order chi connectivity index (χ0) is 13.8. The molecule has 1 heterocycles. The molecule has 19 heavy (non-hydrogen) atoms. The number of carbonyl (C=O) groups excluding carboxylic acids is 1. The average Bonchev–Trinajstić information content (AvgIpc) is 2.38. The van der Waals surface area contributed by atoms with Crippen LogP contribution in [0.25, 0.3) is 0 Å². The minimum Gasteiger partial charge on any atom is -0.378 e. The van der Waals surface area contributed by atoms with Crippen molar-refractivity contribution in [2.24, 2.45) is 5.73 Å². The molecule has 2 fully saturated rings. The van der Waals surface area contributed by atoms with Crippen molar-refractivity contribution in [1.82, 2.24) is 10.2 Å². The number of morpholine rings is 1. The molecule has 0 radical (unpaired) electrons. The molecule has 1 saturated carbocycles. The van der Waals surface area contributed by atoms with Crippen LogP contribution in [0.2, 0.25) is 0 Å². The zero-order valence-electron chi connectivity index (χ0n) is 12.1. The molecular weight excluding hydrogens is 242 g/mol. The number of rotatable bonds is 3. The quantitative estimate of drug-likeness (QED) is 0.782. The Morgan fingerprint density at radius 1 is 1.37 bits per heavy atom. The minimum absolute atomic E-state index is 0.0764. The number of carbonyl (C=O) groups is 1. The van der Waals surface area contributed by atoms with Gasteiger partial charge in [0.25, 0.3) is 0 Å². The van der Waals surface area contributed by atoms with E-state index in [0.717, 1.165) is 19.4 Å². The molecule has 3 N–H and O–H groups in total. The molecule has 0 aromatic carbocycles. The Labute approximate surface area is 115 Å². The van der Waals surface area contributed by atoms with Crippen LogP contribution in [0.15, 0.2) is 0 Å². The smallest absolute Gasteiger partial charge is 0.239 e. The lowest BCUT2D eigenvalue weighted by Crippen LogP contribution is -2.62. The predicted molar refractivity (Wildman–Crippen MR) is 74.8 cm³/mol. The third kappa shape index (κ3) is 3.68. The molecule has 0 aromatic heterocycles. The van der Waals surface area contributed by atoms with E-state index in [0.29, 0.717) is 19.3 Å². The molecule has 2 aliphatic rings. The van der Waals surface area contributed by atoms with Crippen LogP contribution in [0, 0.1) is 0 Å². The fourth-order valence-electron chi connectivity index (χ4n) is 3.17. The molecule has 1 aliphatic carbocycles. The number of ether oxygens (including phenoxy) is 1. The van der Waals surface area contributed by atoms with Crippen molar-refractivity contribution in [3.63, 3.8) is 0 Å². The molecule has 1 saturated heterocycles. The molecule has 0 aromatic rings. The first-order valence-electron chi connectivity index (χ1n) is 7.49. The van der Waals surface area contributed by atoms with E-state index in [1.807, 2.05) is 13.8 Å². The van der Waals surface area contributed by atoms with Crippen molar-refractivity contribution in [3.05, 3.63) is 0 Å². The highest BCUT2D eigenvalue weighted by Crippen LogP contribution is 2.25. The highest BCUT2D eigenvalue weighted by Gasteiger charge is 2.37. The summed E-state index contributed by atoms with van der Waals surface area (Å²) in [6.45, 7) is 5.97. The van der Waals surface area contributed by atoms with Crippen molar-refractivity contribution in [3.8, 4) is 0 Å². The second kappa shape index (κ2) is 6.68. The number of nitrogens with zero attached hydrogens (tertiary/aromatic N) is 1. The molecule has 1 amide bonds. The Balaban J connectivity index is 2.04. The molecule has 5 nitrogen and oxygen atoms in total. The molecule has 1 aliphatic heterocycles. The summed E-state index contributed by atoms with van der Waals surface area (Å²) in [4.78, 5) is 14.6. The highest BCUT2D eigenvalue weighted by molar-refractivity contribution is 5.82. The van der Waals surface area contributed by atoms with Gasteiger partial charge in [-0.2, -0.15) is 0 Å². The van der Waals surface area contributed by atoms with Crippen molar-refractivity contribution in [1.29, 1.82) is 0 Å². The molecular formula is C14H27N3O2. The maximum absolute atomic E-state index is 12.3. The van der Waals surface area contributed by atoms with E-state index in [9.17, 15) is 4.79 Å². The Morgan fingerprint density at radius 3 is 2.79 bits per heavy atom. The van der Waals surface area contributed by atoms with Crippen LogP contribution in [0.4, 0.5) is 0 Å². The second-order valence-electron chi connectivity index (χ2n) is 6.01. The van der Waals surface area contributed by atoms with Crippen LogP contribution in [-0.4, -0.2) is 54.7 Å². The van der Waals surface area contributed by atoms with Crippen LogP contribution in [0.1, 0.15) is 39.5 Å². The van der Waals surface area contributed by atoms with Gasteiger partial charge in [-0.25, -0.2) is 0 Å². The van der Waals surface area contributed by atoms with Crippen molar-refractivity contribution < 1.29 is 9.53 Å². The lowest BCUT2D eigenvalue weighted by Gasteiger charge is -2.44. The van der Waals surface area contributed by atoms with E-state index >= 15 is 0 Å². The summed E-state index contributed by atoms with van der Waals surface area (Å²) in [7, 11) is 0. The number of amides is 1. The van der Waals surface area contributed by atoms with Gasteiger partial charge in [0.1, 0.15) is 6.04 Å². The average molecular weight is 269 g/mol. The first-order valence-corrected chi connectivity index (χ1v) is 7.49. The summed E-state index contributed by atoms with van der Waals surface area (Å²) in [5.74, 6) is 0.0764. The third-order valence-corrected chi connectivity index (χ3v) is 4.11. The normalized spacial score (nSPS) is 33.4. The van der Waals surface area contributed by atoms with Gasteiger partial charge >= 0.3 is 0 Å². The lowest BCUT2D eigenvalue weighted by atomic mass is 9.88. The summed E-state index contributed by atoms with van der Waals surface area (Å²) < 4.78 is 5.50. The molecule has 5 heteroatoms. The zero-order valence-corrected chi connectivity index (χ0v) is 12.1. The molecule has 110 valence electrons. The monoisotopic (exact) mass is 269 g/mol. The van der Waals surface area contributed by atoms with Gasteiger partial charge in [-0.15, -0.1) is 0 Å². The largest absolute Gasteiger partial charge is 0.378 e. The van der Waals surface area contributed by atoms with E-state index in [1.54, 1.807) is 0 Å². The molecule has 3 unspecified atom stereocenters. The lowest BCUT2D eigenvalue weighted by molar-refractivity contribution is -0.136. The van der Waals surface area contributed by atoms with Gasteiger partial charge in [0, 0.05) is 24.7 Å². The van der Waals surface area contributed by atoms with E-state index in [4.69, 9.17) is 10.5 Å². The van der Waals surface area contributed by atoms with E-state index < -0.39 is 0 Å². The molecule has 0 bridgehead atoms. The first kappa shape index (κ1) is 14.8. The summed E-state index contributed by atoms with van der Waals surface area (Å²) in [6.07, 6.45) is 4.60. The maximum atomic E-state index is 12.3. The topological polar surface area (TPSA) is 67.6 Å². The van der Waals surface area contributed by atoms with Gasteiger partial charge in [0.05, 0.1) is 13.2 Å². The van der Waals surface area contributed by atoms with Gasteiger partial charge in [0.2, 0.25) is 5.91 Å². The minimum atomic E-state index is -0.176. The first-order chi connectivity index (χ1) is 9.09. The van der Waals surface area contributed by atoms with Crippen LogP contribution in [-0.2, 0) is 9.53 Å². The fraction of sp³-hybridized carbons (Fsp3) is 0.929. The van der Waals surface area contributed by atoms with Crippen molar-refractivity contribution in [2.75, 3.05) is 19.8 Å². The van der Waals surface area contributed by atoms with E-state index in [1.165, 1.54) is 12.8 Å². The van der Waals surface area contributed by atoms with Crippen LogP contribution < -0.4 is 11.1 Å². The van der Waals surface area contributed by atoms with Crippen LogP contribution in [0.5, 0.6) is 0 Å². The molecule has 3 atom stereocenters. The van der Waals surface area contributed by atoms with E-state index in [-0.39, 0.29) is 24.0 Å². The highest BCUT2D eigenvalue weighted by atomic mass is 16.5. The Hall–Kier alpha value is -0.650. The van der Waals surface area contributed by atoms with Gasteiger partial charge in [-0.05, 0) is 26.7 Å². The SMILES string of the molecule is CC(C)NC(=O)C1COCCN1C1CCCCC1N. The van der Waals surface area contributed by atoms with Crippen molar-refractivity contribution in [2.45, 2.75) is 63.7 Å². The molecule has 0 spiro atoms. The van der Waals surface area contributed by atoms with E-state index in [2.05, 4.69) is 10.2 Å². The van der Waals surface area contributed by atoms with Gasteiger partial charge in [-0.1, -0.05) is 12.8 Å². The fourth-order valence-corrected chi connectivity index (χ4v) is 3.17. The second-order valence-corrected chi connectivity index (χ2v) is 6.01. The maximum Gasteiger partial charge on any atom is 0.239 e. The van der Waals surface area contributed by atoms with Crippen LogP contribution >= 0.6 is 0 Å². The van der Waals surface area contributed by atoms with Crippen LogP contribution in [0.3, 0.4) is 0 Å². The summed E-state index contributed by atoms with van der Waals surface area (Å²) in [6, 6.07) is 0.517. The van der Waals surface area contributed by atoms with Gasteiger partial charge < -0.3 is 15.8 Å². The van der Waals surface area contributed by atoms with Gasteiger partial charge in [-0.3, -0.25) is 9.69 Å². The number of hydrogen-bond donors (Lipinski definition) is 2. The van der Waals surface area contributed by atoms with Gasteiger partial charge in [0.15, 0.2) is 0 Å². The number of hydrogen-bond acceptors (Lipinski definition) is 4. The predicted octanol–water partition coefficient (Wildman–Crippen LogP) is 0.482. The Kier molecular flexibility index (Phi) is 5.19. The number of nitrogens with two attached hydrogens (primary N) is 1. The Morgan fingerprint density at radius 2 is 2.11 bits per heavy atom. The number of nitrogens with one attached hydrogen (secondary N) is 1. The Bertz CT molecular complexity index is 309. The van der Waals surface area contributed by atoms with Crippen molar-refractivity contribution >= 4 is 5.91 Å². The standard InChI is InChI=1S/C14H27N3O2/c1-10(2)16-14(18)13-9-19-8-7-17(13)12-6-4-3-5-11(12)15/h10-13H,3-9,15H2,1-2H3,(H,16,18). The summed E-state index contributed by atoms with van der Waals surface area (Å²) in [5, 5.41) is 2.99.